The summed E-state index contributed by atoms with van der Waals surface area (Å²) in [5.41, 5.74) is 6.88. The SMILES string of the molecule is NCC1(Nc2ccc3ccccc3n2)CCOCC1. The van der Waals surface area contributed by atoms with E-state index in [9.17, 15) is 0 Å². The number of anilines is 1. The van der Waals surface area contributed by atoms with Crippen LogP contribution >= 0.6 is 0 Å². The quantitative estimate of drug-likeness (QED) is 0.884. The van der Waals surface area contributed by atoms with Gasteiger partial charge in [0.2, 0.25) is 0 Å². The highest BCUT2D eigenvalue weighted by Gasteiger charge is 2.31. The fourth-order valence-corrected chi connectivity index (χ4v) is 2.55. The first-order valence-electron chi connectivity index (χ1n) is 6.73. The molecule has 2 heterocycles. The summed E-state index contributed by atoms with van der Waals surface area (Å²) in [5.74, 6) is 0.894. The number of pyridine rings is 1. The molecule has 0 amide bonds. The summed E-state index contributed by atoms with van der Waals surface area (Å²) in [6.07, 6.45) is 1.86. The van der Waals surface area contributed by atoms with Gasteiger partial charge in [0.25, 0.3) is 0 Å². The van der Waals surface area contributed by atoms with Gasteiger partial charge in [0.05, 0.1) is 11.1 Å². The lowest BCUT2D eigenvalue weighted by molar-refractivity contribution is 0.0627. The van der Waals surface area contributed by atoms with Crippen LogP contribution in [-0.2, 0) is 4.74 Å². The molecular formula is C15H19N3O. The number of nitrogens with one attached hydrogen (secondary N) is 1. The van der Waals surface area contributed by atoms with Crippen molar-refractivity contribution < 1.29 is 4.74 Å². The minimum Gasteiger partial charge on any atom is -0.381 e. The van der Waals surface area contributed by atoms with Crippen LogP contribution in [0.5, 0.6) is 0 Å². The summed E-state index contributed by atoms with van der Waals surface area (Å²) in [6.45, 7) is 2.13. The van der Waals surface area contributed by atoms with Crippen molar-refractivity contribution in [2.45, 2.75) is 18.4 Å². The Kier molecular flexibility index (Phi) is 3.36. The lowest BCUT2D eigenvalue weighted by atomic mass is 9.90. The molecule has 1 saturated heterocycles. The highest BCUT2D eigenvalue weighted by molar-refractivity contribution is 5.80. The monoisotopic (exact) mass is 257 g/mol. The first-order chi connectivity index (χ1) is 9.31. The van der Waals surface area contributed by atoms with Crippen LogP contribution in [0.4, 0.5) is 5.82 Å². The maximum Gasteiger partial charge on any atom is 0.127 e. The van der Waals surface area contributed by atoms with E-state index in [0.717, 1.165) is 42.8 Å². The third kappa shape index (κ3) is 2.55. The van der Waals surface area contributed by atoms with Gasteiger partial charge in [-0.05, 0) is 31.0 Å². The molecule has 3 rings (SSSR count). The molecule has 0 radical (unpaired) electrons. The van der Waals surface area contributed by atoms with Crippen LogP contribution in [-0.4, -0.2) is 30.3 Å². The Labute approximate surface area is 113 Å². The van der Waals surface area contributed by atoms with Crippen LogP contribution in [0.2, 0.25) is 0 Å². The van der Waals surface area contributed by atoms with Crippen LogP contribution in [0.3, 0.4) is 0 Å². The molecule has 100 valence electrons. The fraction of sp³-hybridized carbons (Fsp3) is 0.400. The predicted octanol–water partition coefficient (Wildman–Crippen LogP) is 2.15. The summed E-state index contributed by atoms with van der Waals surface area (Å²) in [7, 11) is 0. The van der Waals surface area contributed by atoms with Gasteiger partial charge in [0.1, 0.15) is 5.82 Å². The van der Waals surface area contributed by atoms with Gasteiger partial charge in [-0.15, -0.1) is 0 Å². The molecule has 1 aliphatic rings. The molecule has 1 aliphatic heterocycles. The standard InChI is InChI=1S/C15H19N3O/c16-11-15(7-9-19-10-8-15)18-14-6-5-12-3-1-2-4-13(12)17-14/h1-6H,7-11,16H2,(H,17,18). The molecule has 0 spiro atoms. The number of nitrogens with zero attached hydrogens (tertiary/aromatic N) is 1. The smallest absolute Gasteiger partial charge is 0.127 e. The zero-order chi connectivity index (χ0) is 13.1. The number of hydrogen-bond acceptors (Lipinski definition) is 4. The Bertz CT molecular complexity index is 564. The van der Waals surface area contributed by atoms with Crippen LogP contribution in [0, 0.1) is 0 Å². The van der Waals surface area contributed by atoms with Gasteiger partial charge in [0.15, 0.2) is 0 Å². The Morgan fingerprint density at radius 2 is 1.95 bits per heavy atom. The van der Waals surface area contributed by atoms with Crippen LogP contribution in [0.1, 0.15) is 12.8 Å². The highest BCUT2D eigenvalue weighted by atomic mass is 16.5. The average Bonchev–Trinajstić information content (AvgIpc) is 2.48. The number of aromatic nitrogens is 1. The number of fused-ring (bicyclic) bond motifs is 1. The Morgan fingerprint density at radius 3 is 2.74 bits per heavy atom. The third-order valence-corrected chi connectivity index (χ3v) is 3.83. The molecule has 1 fully saturated rings. The van der Waals surface area contributed by atoms with E-state index in [1.807, 2.05) is 24.3 Å². The van der Waals surface area contributed by atoms with E-state index in [1.165, 1.54) is 0 Å². The summed E-state index contributed by atoms with van der Waals surface area (Å²) >= 11 is 0. The molecule has 2 aromatic rings. The third-order valence-electron chi connectivity index (χ3n) is 3.83. The largest absolute Gasteiger partial charge is 0.381 e. The zero-order valence-corrected chi connectivity index (χ0v) is 10.9. The molecule has 0 saturated carbocycles. The molecule has 0 unspecified atom stereocenters. The molecule has 19 heavy (non-hydrogen) atoms. The van der Waals surface area contributed by atoms with Gasteiger partial charge in [-0.3, -0.25) is 0 Å². The molecule has 4 heteroatoms. The summed E-state index contributed by atoms with van der Waals surface area (Å²) in [5, 5.41) is 4.67. The van der Waals surface area contributed by atoms with Crippen molar-refractivity contribution >= 4 is 16.7 Å². The minimum absolute atomic E-state index is 0.0757. The summed E-state index contributed by atoms with van der Waals surface area (Å²) in [4.78, 5) is 4.65. The van der Waals surface area contributed by atoms with E-state index in [1.54, 1.807) is 0 Å². The van der Waals surface area contributed by atoms with Gasteiger partial charge in [-0.1, -0.05) is 18.2 Å². The number of benzene rings is 1. The average molecular weight is 257 g/mol. The number of nitrogens with two attached hydrogens (primary N) is 1. The maximum absolute atomic E-state index is 5.95. The van der Waals surface area contributed by atoms with Crippen molar-refractivity contribution in [3.8, 4) is 0 Å². The van der Waals surface area contributed by atoms with E-state index in [-0.39, 0.29) is 5.54 Å². The second kappa shape index (κ2) is 5.15. The molecule has 0 bridgehead atoms. The Balaban J connectivity index is 1.87. The second-order valence-electron chi connectivity index (χ2n) is 5.11. The number of ether oxygens (including phenoxy) is 1. The predicted molar refractivity (Wildman–Crippen MR) is 77.2 cm³/mol. The van der Waals surface area contributed by atoms with Gasteiger partial charge in [-0.2, -0.15) is 0 Å². The van der Waals surface area contributed by atoms with Gasteiger partial charge in [0, 0.05) is 25.1 Å². The number of rotatable bonds is 3. The highest BCUT2D eigenvalue weighted by Crippen LogP contribution is 2.25. The van der Waals surface area contributed by atoms with Crippen molar-refractivity contribution in [2.24, 2.45) is 5.73 Å². The van der Waals surface area contributed by atoms with Crippen molar-refractivity contribution in [2.75, 3.05) is 25.1 Å². The fourth-order valence-electron chi connectivity index (χ4n) is 2.55. The molecule has 3 N–H and O–H groups in total. The van der Waals surface area contributed by atoms with Gasteiger partial charge >= 0.3 is 0 Å². The molecule has 1 aromatic carbocycles. The van der Waals surface area contributed by atoms with E-state index in [4.69, 9.17) is 10.5 Å². The molecule has 0 aliphatic carbocycles. The van der Waals surface area contributed by atoms with Gasteiger partial charge < -0.3 is 15.8 Å². The van der Waals surface area contributed by atoms with Crippen LogP contribution in [0.15, 0.2) is 36.4 Å². The van der Waals surface area contributed by atoms with Crippen molar-refractivity contribution in [1.82, 2.24) is 4.98 Å². The molecule has 0 atom stereocenters. The first-order valence-corrected chi connectivity index (χ1v) is 6.73. The summed E-state index contributed by atoms with van der Waals surface area (Å²) < 4.78 is 5.42. The molecule has 4 nitrogen and oxygen atoms in total. The molecule has 1 aromatic heterocycles. The van der Waals surface area contributed by atoms with Crippen molar-refractivity contribution in [3.05, 3.63) is 36.4 Å². The first kappa shape index (κ1) is 12.4. The van der Waals surface area contributed by atoms with Crippen molar-refractivity contribution in [3.63, 3.8) is 0 Å². The topological polar surface area (TPSA) is 60.2 Å². The number of hydrogen-bond donors (Lipinski definition) is 2. The minimum atomic E-state index is -0.0757. The maximum atomic E-state index is 5.95. The van der Waals surface area contributed by atoms with Gasteiger partial charge in [-0.25, -0.2) is 4.98 Å². The van der Waals surface area contributed by atoms with Crippen molar-refractivity contribution in [1.29, 1.82) is 0 Å². The lowest BCUT2D eigenvalue weighted by Gasteiger charge is -2.37. The van der Waals surface area contributed by atoms with E-state index in [0.29, 0.717) is 6.54 Å². The Morgan fingerprint density at radius 1 is 1.16 bits per heavy atom. The van der Waals surface area contributed by atoms with E-state index >= 15 is 0 Å². The normalized spacial score (nSPS) is 18.4. The Hall–Kier alpha value is -1.65. The van der Waals surface area contributed by atoms with Crippen LogP contribution < -0.4 is 11.1 Å². The second-order valence-corrected chi connectivity index (χ2v) is 5.11. The van der Waals surface area contributed by atoms with E-state index < -0.39 is 0 Å². The lowest BCUT2D eigenvalue weighted by Crippen LogP contribution is -2.49. The number of para-hydroxylation sites is 1. The summed E-state index contributed by atoms with van der Waals surface area (Å²) in [6, 6.07) is 12.2. The van der Waals surface area contributed by atoms with Crippen LogP contribution in [0.25, 0.3) is 10.9 Å². The molecular weight excluding hydrogens is 238 g/mol. The van der Waals surface area contributed by atoms with E-state index in [2.05, 4.69) is 22.4 Å². The zero-order valence-electron chi connectivity index (χ0n) is 10.9.